The molecule has 0 radical (unpaired) electrons. The van der Waals surface area contributed by atoms with E-state index in [9.17, 15) is 9.59 Å². The van der Waals surface area contributed by atoms with Crippen LogP contribution in [-0.4, -0.2) is 28.0 Å². The molecule has 1 aromatic rings. The number of hydrogen-bond donors (Lipinski definition) is 2. The number of carboxylic acid groups (broad SMARTS) is 1. The number of aromatic nitrogens is 1. The van der Waals surface area contributed by atoms with Crippen molar-refractivity contribution in [3.8, 4) is 0 Å². The zero-order valence-electron chi connectivity index (χ0n) is 11.3. The highest BCUT2D eigenvalue weighted by atomic mass is 16.4. The van der Waals surface area contributed by atoms with Crippen molar-refractivity contribution in [3.63, 3.8) is 0 Å². The molecule has 0 bridgehead atoms. The van der Waals surface area contributed by atoms with Gasteiger partial charge in [0.05, 0.1) is 0 Å². The first-order chi connectivity index (χ1) is 9.08. The molecule has 19 heavy (non-hydrogen) atoms. The van der Waals surface area contributed by atoms with E-state index in [-0.39, 0.29) is 5.69 Å². The van der Waals surface area contributed by atoms with Gasteiger partial charge in [-0.05, 0) is 30.5 Å². The topological polar surface area (TPSA) is 79.3 Å². The van der Waals surface area contributed by atoms with E-state index in [0.717, 1.165) is 24.8 Å². The minimum absolute atomic E-state index is 0.266. The summed E-state index contributed by atoms with van der Waals surface area (Å²) in [6.45, 7) is 3.96. The second-order valence-corrected chi connectivity index (χ2v) is 4.41. The molecule has 0 aliphatic rings. The van der Waals surface area contributed by atoms with E-state index in [0.29, 0.717) is 6.42 Å². The molecule has 1 aromatic heterocycles. The van der Waals surface area contributed by atoms with Crippen LogP contribution in [0.25, 0.3) is 0 Å². The average molecular weight is 264 g/mol. The molecule has 5 heteroatoms. The first-order valence-corrected chi connectivity index (χ1v) is 6.57. The fraction of sp³-hybridized carbons (Fsp3) is 0.500. The SMILES string of the molecule is CCCCC(NC(=O)c1cc(CC)ccn1)C(=O)O. The molecule has 0 saturated heterocycles. The minimum Gasteiger partial charge on any atom is -0.480 e. The fourth-order valence-electron chi connectivity index (χ4n) is 1.72. The van der Waals surface area contributed by atoms with Crippen LogP contribution in [-0.2, 0) is 11.2 Å². The Hall–Kier alpha value is -1.91. The molecule has 104 valence electrons. The molecule has 0 fully saturated rings. The predicted molar refractivity (Wildman–Crippen MR) is 72.0 cm³/mol. The maximum Gasteiger partial charge on any atom is 0.326 e. The van der Waals surface area contributed by atoms with Crippen LogP contribution in [0.3, 0.4) is 0 Å². The zero-order valence-corrected chi connectivity index (χ0v) is 11.3. The predicted octanol–water partition coefficient (Wildman–Crippen LogP) is 2.02. The Kier molecular flexibility index (Phi) is 5.99. The van der Waals surface area contributed by atoms with Crippen LogP contribution in [0.1, 0.15) is 49.2 Å². The summed E-state index contributed by atoms with van der Waals surface area (Å²) in [4.78, 5) is 27.0. The van der Waals surface area contributed by atoms with E-state index in [2.05, 4.69) is 10.3 Å². The molecule has 1 heterocycles. The summed E-state index contributed by atoms with van der Waals surface area (Å²) >= 11 is 0. The molecule has 0 aliphatic heterocycles. The Morgan fingerprint density at radius 3 is 2.74 bits per heavy atom. The number of nitrogens with zero attached hydrogens (tertiary/aromatic N) is 1. The third-order valence-electron chi connectivity index (χ3n) is 2.92. The Morgan fingerprint density at radius 1 is 1.42 bits per heavy atom. The summed E-state index contributed by atoms with van der Waals surface area (Å²) in [5, 5.41) is 11.6. The number of rotatable bonds is 7. The minimum atomic E-state index is -1.01. The molecule has 0 spiro atoms. The van der Waals surface area contributed by atoms with Crippen LogP contribution in [0.4, 0.5) is 0 Å². The van der Waals surface area contributed by atoms with Gasteiger partial charge in [0.15, 0.2) is 0 Å². The van der Waals surface area contributed by atoms with Crippen LogP contribution >= 0.6 is 0 Å². The monoisotopic (exact) mass is 264 g/mol. The van der Waals surface area contributed by atoms with Crippen molar-refractivity contribution in [3.05, 3.63) is 29.6 Å². The molecule has 2 N–H and O–H groups in total. The number of unbranched alkanes of at least 4 members (excludes halogenated alkanes) is 1. The number of carbonyl (C=O) groups excluding carboxylic acids is 1. The van der Waals surface area contributed by atoms with Gasteiger partial charge in [0, 0.05) is 6.20 Å². The number of carboxylic acids is 1. The molecule has 5 nitrogen and oxygen atoms in total. The smallest absolute Gasteiger partial charge is 0.326 e. The maximum atomic E-state index is 12.0. The number of amides is 1. The van der Waals surface area contributed by atoms with Crippen molar-refractivity contribution in [2.24, 2.45) is 0 Å². The van der Waals surface area contributed by atoms with Gasteiger partial charge in [0.25, 0.3) is 5.91 Å². The van der Waals surface area contributed by atoms with E-state index in [1.54, 1.807) is 12.3 Å². The van der Waals surface area contributed by atoms with E-state index < -0.39 is 17.9 Å². The van der Waals surface area contributed by atoms with Crippen LogP contribution < -0.4 is 5.32 Å². The van der Waals surface area contributed by atoms with Gasteiger partial charge in [-0.2, -0.15) is 0 Å². The lowest BCUT2D eigenvalue weighted by molar-refractivity contribution is -0.139. The van der Waals surface area contributed by atoms with Crippen molar-refractivity contribution < 1.29 is 14.7 Å². The summed E-state index contributed by atoms with van der Waals surface area (Å²) in [5.41, 5.74) is 1.27. The Balaban J connectivity index is 2.72. The highest BCUT2D eigenvalue weighted by Crippen LogP contribution is 2.05. The maximum absolute atomic E-state index is 12.0. The zero-order chi connectivity index (χ0) is 14.3. The van der Waals surface area contributed by atoms with Gasteiger partial charge in [0.2, 0.25) is 0 Å². The van der Waals surface area contributed by atoms with Gasteiger partial charge in [-0.3, -0.25) is 9.78 Å². The van der Waals surface area contributed by atoms with Crippen LogP contribution in [0, 0.1) is 0 Å². The number of pyridine rings is 1. The van der Waals surface area contributed by atoms with Crippen molar-refractivity contribution in [2.45, 2.75) is 45.6 Å². The summed E-state index contributed by atoms with van der Waals surface area (Å²) in [5.74, 6) is -1.44. The lowest BCUT2D eigenvalue weighted by Gasteiger charge is -2.13. The third kappa shape index (κ3) is 4.69. The molecule has 1 unspecified atom stereocenters. The van der Waals surface area contributed by atoms with Crippen molar-refractivity contribution >= 4 is 11.9 Å². The van der Waals surface area contributed by atoms with Gasteiger partial charge >= 0.3 is 5.97 Å². The van der Waals surface area contributed by atoms with Crippen LogP contribution in [0.15, 0.2) is 18.3 Å². The molecule has 1 rings (SSSR count). The van der Waals surface area contributed by atoms with Crippen molar-refractivity contribution in [2.75, 3.05) is 0 Å². The van der Waals surface area contributed by atoms with Gasteiger partial charge < -0.3 is 10.4 Å². The van der Waals surface area contributed by atoms with Gasteiger partial charge in [-0.25, -0.2) is 4.79 Å². The fourth-order valence-corrected chi connectivity index (χ4v) is 1.72. The molecule has 1 atom stereocenters. The molecular weight excluding hydrogens is 244 g/mol. The number of aryl methyl sites for hydroxylation is 1. The molecule has 1 amide bonds. The lowest BCUT2D eigenvalue weighted by atomic mass is 10.1. The highest BCUT2D eigenvalue weighted by Gasteiger charge is 2.20. The Labute approximate surface area is 113 Å². The van der Waals surface area contributed by atoms with E-state index in [1.165, 1.54) is 0 Å². The van der Waals surface area contributed by atoms with Gasteiger partial charge in [0.1, 0.15) is 11.7 Å². The quantitative estimate of drug-likeness (QED) is 0.789. The highest BCUT2D eigenvalue weighted by molar-refractivity contribution is 5.95. The van der Waals surface area contributed by atoms with Crippen molar-refractivity contribution in [1.82, 2.24) is 10.3 Å². The normalized spacial score (nSPS) is 11.9. The third-order valence-corrected chi connectivity index (χ3v) is 2.92. The summed E-state index contributed by atoms with van der Waals surface area (Å²) < 4.78 is 0. The second kappa shape index (κ2) is 7.51. The molecule has 0 aliphatic carbocycles. The Bertz CT molecular complexity index is 446. The van der Waals surface area contributed by atoms with Crippen LogP contribution in [0.2, 0.25) is 0 Å². The number of carbonyl (C=O) groups is 2. The van der Waals surface area contributed by atoms with Crippen molar-refractivity contribution in [1.29, 1.82) is 0 Å². The van der Waals surface area contributed by atoms with Gasteiger partial charge in [-0.15, -0.1) is 0 Å². The molecular formula is C14H20N2O3. The standard InChI is InChI=1S/C14H20N2O3/c1-3-5-6-11(14(18)19)16-13(17)12-9-10(4-2)7-8-15-12/h7-9,11H,3-6H2,1-2H3,(H,16,17)(H,18,19). The first-order valence-electron chi connectivity index (χ1n) is 6.57. The van der Waals surface area contributed by atoms with E-state index in [4.69, 9.17) is 5.11 Å². The molecule has 0 saturated carbocycles. The summed E-state index contributed by atoms with van der Waals surface area (Å²) in [6, 6.07) is 2.68. The summed E-state index contributed by atoms with van der Waals surface area (Å²) in [6.07, 6.45) is 4.46. The van der Waals surface area contributed by atoms with Gasteiger partial charge in [-0.1, -0.05) is 26.7 Å². The van der Waals surface area contributed by atoms with Crippen LogP contribution in [0.5, 0.6) is 0 Å². The number of hydrogen-bond acceptors (Lipinski definition) is 3. The van der Waals surface area contributed by atoms with E-state index >= 15 is 0 Å². The summed E-state index contributed by atoms with van der Waals surface area (Å²) in [7, 11) is 0. The number of nitrogens with one attached hydrogen (secondary N) is 1. The average Bonchev–Trinajstić information content (AvgIpc) is 2.42. The largest absolute Gasteiger partial charge is 0.480 e. The number of aliphatic carboxylic acids is 1. The molecule has 0 aromatic carbocycles. The lowest BCUT2D eigenvalue weighted by Crippen LogP contribution is -2.41. The Morgan fingerprint density at radius 2 is 2.16 bits per heavy atom. The first kappa shape index (κ1) is 15.1. The second-order valence-electron chi connectivity index (χ2n) is 4.41. The van der Waals surface area contributed by atoms with E-state index in [1.807, 2.05) is 19.9 Å².